The van der Waals surface area contributed by atoms with E-state index in [2.05, 4.69) is 118 Å². The van der Waals surface area contributed by atoms with Crippen molar-refractivity contribution in [3.63, 3.8) is 0 Å². The third-order valence-electron chi connectivity index (χ3n) is 8.23. The normalized spacial score (nSPS) is 11.6. The Morgan fingerprint density at radius 1 is 0.727 bits per heavy atom. The summed E-state index contributed by atoms with van der Waals surface area (Å²) in [5.74, 6) is 3.02. The summed E-state index contributed by atoms with van der Waals surface area (Å²) in [6.45, 7) is 10.8. The number of fused-ring (bicyclic) bond motifs is 3. The highest BCUT2D eigenvalue weighted by Crippen LogP contribution is 2.36. The van der Waals surface area contributed by atoms with E-state index in [0.717, 1.165) is 57.4 Å². The number of ether oxygens (including phenoxy) is 1. The summed E-state index contributed by atoms with van der Waals surface area (Å²) in [6.07, 6.45) is 2.94. The van der Waals surface area contributed by atoms with Crippen LogP contribution >= 0.6 is 0 Å². The van der Waals surface area contributed by atoms with E-state index >= 15 is 0 Å². The summed E-state index contributed by atoms with van der Waals surface area (Å²) >= 11 is 0. The van der Waals surface area contributed by atoms with Gasteiger partial charge in [0.25, 0.3) is 0 Å². The number of aromatic nitrogens is 4. The molecule has 7 aromatic rings. The molecule has 0 aliphatic rings. The third kappa shape index (κ3) is 5.05. The number of nitrogens with zero attached hydrogens (tertiary/aromatic N) is 4. The Hall–Kier alpha value is -5.16. The second-order valence-electron chi connectivity index (χ2n) is 12.1. The van der Waals surface area contributed by atoms with E-state index in [1.807, 2.05) is 35.1 Å². The van der Waals surface area contributed by atoms with Crippen molar-refractivity contribution >= 4 is 21.8 Å². The van der Waals surface area contributed by atoms with E-state index in [4.69, 9.17) is 14.8 Å². The highest BCUT2D eigenvalue weighted by molar-refractivity contribution is 6.09. The van der Waals surface area contributed by atoms with Gasteiger partial charge in [0.2, 0.25) is 0 Å². The number of rotatable bonds is 7. The first kappa shape index (κ1) is 27.7. The molecule has 4 aromatic carbocycles. The van der Waals surface area contributed by atoms with Gasteiger partial charge in [-0.25, -0.2) is 9.67 Å². The van der Waals surface area contributed by atoms with Crippen LogP contribution < -0.4 is 4.74 Å². The van der Waals surface area contributed by atoms with Gasteiger partial charge in [-0.2, -0.15) is 5.10 Å². The molecule has 0 aliphatic heterocycles. The van der Waals surface area contributed by atoms with Gasteiger partial charge in [0.05, 0.1) is 22.4 Å². The van der Waals surface area contributed by atoms with Crippen molar-refractivity contribution in [2.45, 2.75) is 41.0 Å². The molecule has 44 heavy (non-hydrogen) atoms. The number of benzene rings is 4. The lowest BCUT2D eigenvalue weighted by molar-refractivity contribution is 0.483. The van der Waals surface area contributed by atoms with Gasteiger partial charge in [0, 0.05) is 40.4 Å². The highest BCUT2D eigenvalue weighted by atomic mass is 16.5. The molecule has 0 bridgehead atoms. The Balaban J connectivity index is 1.29. The van der Waals surface area contributed by atoms with Crippen molar-refractivity contribution in [3.05, 3.63) is 132 Å². The first-order chi connectivity index (χ1) is 21.4. The smallest absolute Gasteiger partial charge is 0.137 e. The molecule has 3 heterocycles. The van der Waals surface area contributed by atoms with E-state index < -0.39 is 0 Å². The maximum Gasteiger partial charge on any atom is 0.137 e. The topological polar surface area (TPSA) is 44.9 Å². The number of hydrogen-bond acceptors (Lipinski definition) is 3. The zero-order valence-electron chi connectivity index (χ0n) is 25.9. The molecule has 0 atom stereocenters. The van der Waals surface area contributed by atoms with Crippen LogP contribution in [0.4, 0.5) is 0 Å². The summed E-state index contributed by atoms with van der Waals surface area (Å²) in [6, 6.07) is 35.9. The van der Waals surface area contributed by atoms with Crippen LogP contribution in [0.3, 0.4) is 0 Å². The molecule has 0 saturated carbocycles. The average molecular weight is 577 g/mol. The molecule has 0 fully saturated rings. The average Bonchev–Trinajstić information content (AvgIpc) is 3.49. The van der Waals surface area contributed by atoms with Crippen LogP contribution in [-0.4, -0.2) is 19.3 Å². The fourth-order valence-corrected chi connectivity index (χ4v) is 6.34. The minimum Gasteiger partial charge on any atom is -0.457 e. The molecule has 0 saturated heterocycles. The molecule has 7 rings (SSSR count). The zero-order valence-corrected chi connectivity index (χ0v) is 25.9. The van der Waals surface area contributed by atoms with Crippen LogP contribution in [0.5, 0.6) is 11.5 Å². The lowest BCUT2D eigenvalue weighted by atomic mass is 10.0. The quantitative estimate of drug-likeness (QED) is 0.190. The summed E-state index contributed by atoms with van der Waals surface area (Å²) in [4.78, 5) is 4.82. The van der Waals surface area contributed by atoms with Crippen molar-refractivity contribution < 1.29 is 4.74 Å². The summed E-state index contributed by atoms with van der Waals surface area (Å²) < 4.78 is 10.8. The Labute approximate surface area is 258 Å². The SMILES string of the molecule is Cc1ccc2c(c1)c1ccc(Oc3cccc(-n4nc(C)c(-c5ccccc5)c4C)c3)cc1n2-c1cc(CC(C)C)ccn1. The zero-order chi connectivity index (χ0) is 30.4. The van der Waals surface area contributed by atoms with Crippen molar-refractivity contribution in [1.29, 1.82) is 0 Å². The predicted molar refractivity (Wildman–Crippen MR) is 180 cm³/mol. The Morgan fingerprint density at radius 2 is 1.55 bits per heavy atom. The van der Waals surface area contributed by atoms with Gasteiger partial charge < -0.3 is 4.74 Å². The molecule has 0 N–H and O–H groups in total. The van der Waals surface area contributed by atoms with Gasteiger partial charge in [0.1, 0.15) is 17.3 Å². The van der Waals surface area contributed by atoms with Crippen LogP contribution in [0.1, 0.15) is 36.4 Å². The fourth-order valence-electron chi connectivity index (χ4n) is 6.34. The molecule has 0 aliphatic carbocycles. The molecule has 218 valence electrons. The predicted octanol–water partition coefficient (Wildman–Crippen LogP) is 9.95. The molecule has 5 nitrogen and oxygen atoms in total. The number of pyridine rings is 1. The fraction of sp³-hybridized carbons (Fsp3) is 0.179. The van der Waals surface area contributed by atoms with E-state index in [1.165, 1.54) is 27.5 Å². The second-order valence-corrected chi connectivity index (χ2v) is 12.1. The van der Waals surface area contributed by atoms with Crippen LogP contribution in [-0.2, 0) is 6.42 Å². The van der Waals surface area contributed by atoms with Crippen LogP contribution in [0.25, 0.3) is 44.4 Å². The van der Waals surface area contributed by atoms with Gasteiger partial charge in [-0.15, -0.1) is 0 Å². The molecular weight excluding hydrogens is 540 g/mol. The Bertz CT molecular complexity index is 2140. The van der Waals surface area contributed by atoms with Crippen LogP contribution in [0.15, 0.2) is 109 Å². The molecule has 5 heteroatoms. The van der Waals surface area contributed by atoms with E-state index in [0.29, 0.717) is 5.92 Å². The first-order valence-corrected chi connectivity index (χ1v) is 15.3. The molecule has 0 amide bonds. The van der Waals surface area contributed by atoms with E-state index in [-0.39, 0.29) is 0 Å². The van der Waals surface area contributed by atoms with Crippen LogP contribution in [0.2, 0.25) is 0 Å². The summed E-state index contributed by atoms with van der Waals surface area (Å²) in [5, 5.41) is 7.29. The molecule has 0 spiro atoms. The largest absolute Gasteiger partial charge is 0.457 e. The first-order valence-electron chi connectivity index (χ1n) is 15.3. The standard InChI is InChI=1S/C39H36N4O/c1-25(2)20-29-18-19-40-38(22-29)42-36-17-14-26(3)21-35(36)34-16-15-33(24-37(34)42)44-32-13-9-12-31(23-32)43-28(5)39(27(4)41-43)30-10-7-6-8-11-30/h6-19,21-25H,20H2,1-5H3. The molecule has 3 aromatic heterocycles. The van der Waals surface area contributed by atoms with Crippen molar-refractivity contribution in [2.75, 3.05) is 0 Å². The van der Waals surface area contributed by atoms with Gasteiger partial charge in [-0.3, -0.25) is 4.57 Å². The minimum absolute atomic E-state index is 0.571. The maximum atomic E-state index is 6.52. The monoisotopic (exact) mass is 576 g/mol. The summed E-state index contributed by atoms with van der Waals surface area (Å²) in [5.41, 5.74) is 10.1. The van der Waals surface area contributed by atoms with Gasteiger partial charge in [0.15, 0.2) is 0 Å². The van der Waals surface area contributed by atoms with Crippen molar-refractivity contribution in [2.24, 2.45) is 5.92 Å². The van der Waals surface area contributed by atoms with Gasteiger partial charge in [-0.1, -0.05) is 61.9 Å². The Kier molecular flexibility index (Phi) is 7.01. The van der Waals surface area contributed by atoms with Gasteiger partial charge in [-0.05, 0) is 92.8 Å². The molecule has 0 radical (unpaired) electrons. The second kappa shape index (κ2) is 11.2. The summed E-state index contributed by atoms with van der Waals surface area (Å²) in [7, 11) is 0. The number of hydrogen-bond donors (Lipinski definition) is 0. The molecule has 0 unspecified atom stereocenters. The van der Waals surface area contributed by atoms with E-state index in [1.54, 1.807) is 0 Å². The van der Waals surface area contributed by atoms with E-state index in [9.17, 15) is 0 Å². The van der Waals surface area contributed by atoms with Gasteiger partial charge >= 0.3 is 0 Å². The minimum atomic E-state index is 0.571. The highest BCUT2D eigenvalue weighted by Gasteiger charge is 2.17. The third-order valence-corrected chi connectivity index (χ3v) is 8.23. The Morgan fingerprint density at radius 3 is 2.36 bits per heavy atom. The molecular formula is C39H36N4O. The lowest BCUT2D eigenvalue weighted by Gasteiger charge is -2.12. The van der Waals surface area contributed by atoms with Crippen molar-refractivity contribution in [3.8, 4) is 34.1 Å². The maximum absolute atomic E-state index is 6.52. The lowest BCUT2D eigenvalue weighted by Crippen LogP contribution is -2.01. The number of aryl methyl sites for hydroxylation is 2. The van der Waals surface area contributed by atoms with Crippen molar-refractivity contribution in [1.82, 2.24) is 19.3 Å². The van der Waals surface area contributed by atoms with Crippen LogP contribution in [0, 0.1) is 26.7 Å².